The number of hydrogen-bond acceptors (Lipinski definition) is 5. The number of thioether (sulfide) groups is 1. The maximum Gasteiger partial charge on any atom is 0.234 e. The van der Waals surface area contributed by atoms with E-state index < -0.39 is 0 Å². The van der Waals surface area contributed by atoms with Gasteiger partial charge in [-0.1, -0.05) is 12.1 Å². The summed E-state index contributed by atoms with van der Waals surface area (Å²) in [5.41, 5.74) is 2.42. The van der Waals surface area contributed by atoms with Gasteiger partial charge in [-0.25, -0.2) is 9.07 Å². The third kappa shape index (κ3) is 3.77. The Morgan fingerprint density at radius 2 is 2.12 bits per heavy atom. The van der Waals surface area contributed by atoms with Gasteiger partial charge in [-0.05, 0) is 53.2 Å². The van der Waals surface area contributed by atoms with E-state index in [4.69, 9.17) is 0 Å². The molecule has 3 rings (SSSR count). The van der Waals surface area contributed by atoms with Crippen LogP contribution >= 0.6 is 11.8 Å². The highest BCUT2D eigenvalue weighted by molar-refractivity contribution is 8.00. The smallest absolute Gasteiger partial charge is 0.234 e. The van der Waals surface area contributed by atoms with Gasteiger partial charge in [0.05, 0.1) is 11.4 Å². The van der Waals surface area contributed by atoms with Crippen LogP contribution in [0.4, 0.5) is 10.1 Å². The third-order valence-electron chi connectivity index (χ3n) is 3.27. The lowest BCUT2D eigenvalue weighted by atomic mass is 10.2. The van der Waals surface area contributed by atoms with Crippen molar-refractivity contribution in [2.24, 2.45) is 0 Å². The number of aromatic nitrogens is 4. The van der Waals surface area contributed by atoms with Crippen molar-refractivity contribution in [3.05, 3.63) is 60.2 Å². The van der Waals surface area contributed by atoms with Crippen LogP contribution in [0.3, 0.4) is 0 Å². The lowest BCUT2D eigenvalue weighted by Crippen LogP contribution is -2.14. The molecule has 0 spiro atoms. The first-order valence-electron chi connectivity index (χ1n) is 7.14. The highest BCUT2D eigenvalue weighted by atomic mass is 32.2. The molecular weight excluding hydrogens is 329 g/mol. The molecule has 0 aliphatic carbocycles. The van der Waals surface area contributed by atoms with E-state index in [0.29, 0.717) is 10.6 Å². The molecule has 0 aliphatic rings. The predicted octanol–water partition coefficient (Wildman–Crippen LogP) is 2.84. The fraction of sp³-hybridized carbons (Fsp3) is 0.125. The molecule has 24 heavy (non-hydrogen) atoms. The van der Waals surface area contributed by atoms with Gasteiger partial charge in [-0.15, -0.1) is 16.9 Å². The van der Waals surface area contributed by atoms with Crippen molar-refractivity contribution in [3.8, 4) is 5.69 Å². The number of nitrogens with zero attached hydrogens (tertiary/aromatic N) is 4. The van der Waals surface area contributed by atoms with Crippen LogP contribution in [0.1, 0.15) is 5.56 Å². The molecule has 0 saturated carbocycles. The Morgan fingerprint density at radius 3 is 2.83 bits per heavy atom. The number of tetrazole rings is 1. The zero-order chi connectivity index (χ0) is 16.9. The first-order chi connectivity index (χ1) is 11.6. The van der Waals surface area contributed by atoms with Crippen molar-refractivity contribution in [1.29, 1.82) is 0 Å². The van der Waals surface area contributed by atoms with Crippen molar-refractivity contribution >= 4 is 23.4 Å². The SMILES string of the molecule is Cc1cc(NC(=O)CSc2ccccc2F)ccc1-n1cnnn1. The Morgan fingerprint density at radius 1 is 1.29 bits per heavy atom. The molecule has 1 heterocycles. The summed E-state index contributed by atoms with van der Waals surface area (Å²) in [6.07, 6.45) is 1.51. The lowest BCUT2D eigenvalue weighted by molar-refractivity contribution is -0.113. The molecule has 0 bridgehead atoms. The Kier molecular flexibility index (Phi) is 4.85. The molecule has 1 amide bonds. The third-order valence-corrected chi connectivity index (χ3v) is 4.32. The molecule has 0 atom stereocenters. The summed E-state index contributed by atoms with van der Waals surface area (Å²) in [7, 11) is 0. The number of nitrogens with one attached hydrogen (secondary N) is 1. The van der Waals surface area contributed by atoms with E-state index in [0.717, 1.165) is 23.0 Å². The zero-order valence-electron chi connectivity index (χ0n) is 12.8. The minimum Gasteiger partial charge on any atom is -0.325 e. The van der Waals surface area contributed by atoms with Gasteiger partial charge in [0, 0.05) is 10.6 Å². The van der Waals surface area contributed by atoms with Crippen LogP contribution in [-0.4, -0.2) is 31.9 Å². The lowest BCUT2D eigenvalue weighted by Gasteiger charge is -2.09. The number of benzene rings is 2. The largest absolute Gasteiger partial charge is 0.325 e. The number of halogens is 1. The Balaban J connectivity index is 1.62. The van der Waals surface area contributed by atoms with Crippen LogP contribution in [0.25, 0.3) is 5.69 Å². The second-order valence-electron chi connectivity index (χ2n) is 5.02. The van der Waals surface area contributed by atoms with Gasteiger partial charge in [0.1, 0.15) is 12.1 Å². The van der Waals surface area contributed by atoms with Crippen LogP contribution in [-0.2, 0) is 4.79 Å². The minimum atomic E-state index is -0.322. The van der Waals surface area contributed by atoms with E-state index in [1.54, 1.807) is 28.9 Å². The highest BCUT2D eigenvalue weighted by Gasteiger charge is 2.08. The molecule has 0 fully saturated rings. The highest BCUT2D eigenvalue weighted by Crippen LogP contribution is 2.22. The van der Waals surface area contributed by atoms with Crippen molar-refractivity contribution < 1.29 is 9.18 Å². The summed E-state index contributed by atoms with van der Waals surface area (Å²) in [5, 5.41) is 13.8. The summed E-state index contributed by atoms with van der Waals surface area (Å²) in [6.45, 7) is 1.90. The Labute approximate surface area is 142 Å². The number of carbonyl (C=O) groups is 1. The van der Waals surface area contributed by atoms with E-state index in [-0.39, 0.29) is 17.5 Å². The van der Waals surface area contributed by atoms with Gasteiger partial charge in [0.2, 0.25) is 5.91 Å². The molecule has 0 aliphatic heterocycles. The van der Waals surface area contributed by atoms with Crippen molar-refractivity contribution in [2.45, 2.75) is 11.8 Å². The average Bonchev–Trinajstić information content (AvgIpc) is 3.08. The molecule has 1 N–H and O–H groups in total. The first-order valence-corrected chi connectivity index (χ1v) is 8.13. The first kappa shape index (κ1) is 16.1. The number of hydrogen-bond donors (Lipinski definition) is 1. The summed E-state index contributed by atoms with van der Waals surface area (Å²) >= 11 is 1.16. The molecule has 0 radical (unpaired) electrons. The second kappa shape index (κ2) is 7.22. The number of aryl methyl sites for hydroxylation is 1. The molecule has 8 heteroatoms. The maximum atomic E-state index is 13.5. The van der Waals surface area contributed by atoms with Gasteiger partial charge in [0.15, 0.2) is 0 Å². The average molecular weight is 343 g/mol. The Bertz CT molecular complexity index is 853. The number of rotatable bonds is 5. The molecule has 2 aromatic carbocycles. The molecule has 6 nitrogen and oxygen atoms in total. The standard InChI is InChI=1S/C16H14FN5OS/c1-11-8-12(6-7-14(11)22-10-18-20-21-22)19-16(23)9-24-15-5-3-2-4-13(15)17/h2-8,10H,9H2,1H3,(H,19,23). The van der Waals surface area contributed by atoms with Gasteiger partial charge < -0.3 is 5.32 Å². The summed E-state index contributed by atoms with van der Waals surface area (Å²) in [4.78, 5) is 12.5. The van der Waals surface area contributed by atoms with Crippen LogP contribution < -0.4 is 5.32 Å². The number of amides is 1. The van der Waals surface area contributed by atoms with E-state index in [2.05, 4.69) is 20.8 Å². The van der Waals surface area contributed by atoms with E-state index in [9.17, 15) is 9.18 Å². The quantitative estimate of drug-likeness (QED) is 0.721. The van der Waals surface area contributed by atoms with E-state index in [1.165, 1.54) is 12.4 Å². The fourth-order valence-electron chi connectivity index (χ4n) is 2.16. The molecular formula is C16H14FN5OS. The molecule has 0 saturated heterocycles. The molecule has 3 aromatic rings. The minimum absolute atomic E-state index is 0.134. The summed E-state index contributed by atoms with van der Waals surface area (Å²) < 4.78 is 15.1. The van der Waals surface area contributed by atoms with E-state index >= 15 is 0 Å². The second-order valence-corrected chi connectivity index (χ2v) is 6.04. The topological polar surface area (TPSA) is 72.7 Å². The van der Waals surface area contributed by atoms with Crippen molar-refractivity contribution in [1.82, 2.24) is 20.2 Å². The van der Waals surface area contributed by atoms with Gasteiger partial charge in [-0.3, -0.25) is 4.79 Å². The number of anilines is 1. The number of carbonyl (C=O) groups excluding carboxylic acids is 1. The molecule has 0 unspecified atom stereocenters. The fourth-order valence-corrected chi connectivity index (χ4v) is 2.90. The van der Waals surface area contributed by atoms with Crippen LogP contribution in [0, 0.1) is 12.7 Å². The van der Waals surface area contributed by atoms with Crippen LogP contribution in [0.5, 0.6) is 0 Å². The van der Waals surface area contributed by atoms with Crippen LogP contribution in [0.2, 0.25) is 0 Å². The van der Waals surface area contributed by atoms with Crippen LogP contribution in [0.15, 0.2) is 53.7 Å². The molecule has 122 valence electrons. The summed E-state index contributed by atoms with van der Waals surface area (Å²) in [5.74, 6) is -0.385. The summed E-state index contributed by atoms with van der Waals surface area (Å²) in [6, 6.07) is 11.8. The normalized spacial score (nSPS) is 10.6. The Hall–Kier alpha value is -2.74. The van der Waals surface area contributed by atoms with Crippen molar-refractivity contribution in [2.75, 3.05) is 11.1 Å². The van der Waals surface area contributed by atoms with Gasteiger partial charge >= 0.3 is 0 Å². The van der Waals surface area contributed by atoms with Gasteiger partial charge in [0.25, 0.3) is 0 Å². The van der Waals surface area contributed by atoms with E-state index in [1.807, 2.05) is 19.1 Å². The zero-order valence-corrected chi connectivity index (χ0v) is 13.6. The monoisotopic (exact) mass is 343 g/mol. The molecule has 1 aromatic heterocycles. The van der Waals surface area contributed by atoms with Gasteiger partial charge in [-0.2, -0.15) is 0 Å². The predicted molar refractivity (Wildman–Crippen MR) is 89.6 cm³/mol. The van der Waals surface area contributed by atoms with Crippen molar-refractivity contribution in [3.63, 3.8) is 0 Å². The maximum absolute atomic E-state index is 13.5.